The normalized spacial score (nSPS) is 19.9. The van der Waals surface area contributed by atoms with Gasteiger partial charge >= 0.3 is 0 Å². The summed E-state index contributed by atoms with van der Waals surface area (Å²) in [6.45, 7) is 0.891. The van der Waals surface area contributed by atoms with Gasteiger partial charge in [0.25, 0.3) is 0 Å². The summed E-state index contributed by atoms with van der Waals surface area (Å²) < 4.78 is 12.1. The molecule has 1 saturated heterocycles. The molecule has 3 heterocycles. The van der Waals surface area contributed by atoms with Crippen molar-refractivity contribution in [3.63, 3.8) is 0 Å². The largest absolute Gasteiger partial charge is 0.485 e. The maximum Gasteiger partial charge on any atom is 0.241 e. The summed E-state index contributed by atoms with van der Waals surface area (Å²) in [5, 5.41) is 6.09. The van der Waals surface area contributed by atoms with Gasteiger partial charge in [-0.3, -0.25) is 4.79 Å². The van der Waals surface area contributed by atoms with E-state index in [1.807, 2.05) is 36.4 Å². The number of amides is 1. The molecule has 0 saturated carbocycles. The van der Waals surface area contributed by atoms with E-state index in [0.29, 0.717) is 11.6 Å². The number of benzene rings is 2. The van der Waals surface area contributed by atoms with Crippen LogP contribution in [-0.2, 0) is 11.2 Å². The first kappa shape index (κ1) is 19.6. The van der Waals surface area contributed by atoms with Crippen LogP contribution in [0.3, 0.4) is 0 Å². The number of hydrogen-bond acceptors (Lipinski definition) is 5. The highest BCUT2D eigenvalue weighted by atomic mass is 16.5. The number of pyridine rings is 1. The molecule has 2 aliphatic heterocycles. The molecule has 0 bridgehead atoms. The van der Waals surface area contributed by atoms with Crippen LogP contribution in [0.25, 0.3) is 0 Å². The molecule has 1 unspecified atom stereocenters. The Labute approximate surface area is 181 Å². The number of fused-ring (bicyclic) bond motifs is 1. The van der Waals surface area contributed by atoms with Crippen molar-refractivity contribution in [2.24, 2.45) is 0 Å². The first-order valence-electron chi connectivity index (χ1n) is 10.8. The van der Waals surface area contributed by atoms with E-state index < -0.39 is 0 Å². The van der Waals surface area contributed by atoms with Gasteiger partial charge in [-0.05, 0) is 67.6 Å². The fourth-order valence-electron chi connectivity index (χ4n) is 4.10. The summed E-state index contributed by atoms with van der Waals surface area (Å²) in [5.41, 5.74) is 3.00. The average molecular weight is 415 g/mol. The molecule has 0 radical (unpaired) electrons. The number of carbonyl (C=O) groups excluding carboxylic acids is 1. The van der Waals surface area contributed by atoms with Crippen molar-refractivity contribution >= 4 is 11.6 Å². The van der Waals surface area contributed by atoms with Gasteiger partial charge in [0.05, 0.1) is 17.9 Å². The summed E-state index contributed by atoms with van der Waals surface area (Å²) in [6, 6.07) is 19.6. The minimum Gasteiger partial charge on any atom is -0.485 e. The molecule has 158 valence electrons. The first-order chi connectivity index (χ1) is 15.2. The van der Waals surface area contributed by atoms with E-state index in [1.54, 1.807) is 18.3 Å². The van der Waals surface area contributed by atoms with Gasteiger partial charge in [-0.2, -0.15) is 0 Å². The van der Waals surface area contributed by atoms with Gasteiger partial charge in [0.1, 0.15) is 17.6 Å². The second-order valence-electron chi connectivity index (χ2n) is 7.95. The number of aromatic nitrogens is 1. The molecule has 2 atom stereocenters. The molecule has 0 spiro atoms. The molecule has 6 nitrogen and oxygen atoms in total. The lowest BCUT2D eigenvalue weighted by atomic mass is 9.97. The molecule has 2 aliphatic rings. The standard InChI is InChI=1S/C25H25N3O3/c29-25(21-7-4-14-26-21)28-19-9-13-24(27-16-19)30-20-10-12-23-18(15-20)8-11-22(31-23)17-5-2-1-3-6-17/h1-3,5-6,9-10,12-13,15-16,21-22,26H,4,7-8,11,14H2,(H,28,29)/t21-,22?/m1/s1. The second kappa shape index (κ2) is 8.78. The van der Waals surface area contributed by atoms with Crippen LogP contribution in [0.1, 0.15) is 36.5 Å². The highest BCUT2D eigenvalue weighted by molar-refractivity contribution is 5.94. The molecule has 1 fully saturated rings. The summed E-state index contributed by atoms with van der Waals surface area (Å²) in [4.78, 5) is 16.5. The molecular weight excluding hydrogens is 390 g/mol. The minimum atomic E-state index is -0.116. The Balaban J connectivity index is 1.21. The fraction of sp³-hybridized carbons (Fsp3) is 0.280. The van der Waals surface area contributed by atoms with Crippen LogP contribution >= 0.6 is 0 Å². The highest BCUT2D eigenvalue weighted by Crippen LogP contribution is 2.37. The third-order valence-electron chi connectivity index (χ3n) is 5.75. The maximum atomic E-state index is 12.2. The van der Waals surface area contributed by atoms with Crippen LogP contribution in [0.5, 0.6) is 17.4 Å². The third-order valence-corrected chi connectivity index (χ3v) is 5.75. The van der Waals surface area contributed by atoms with Crippen LogP contribution in [0.2, 0.25) is 0 Å². The molecule has 5 rings (SSSR count). The number of nitrogens with one attached hydrogen (secondary N) is 2. The summed E-state index contributed by atoms with van der Waals surface area (Å²) in [5.74, 6) is 2.09. The van der Waals surface area contributed by atoms with E-state index in [4.69, 9.17) is 9.47 Å². The number of aryl methyl sites for hydroxylation is 1. The summed E-state index contributed by atoms with van der Waals surface area (Å²) in [7, 11) is 0. The van der Waals surface area contributed by atoms with E-state index >= 15 is 0 Å². The predicted octanol–water partition coefficient (Wildman–Crippen LogP) is 4.63. The SMILES string of the molecule is O=C(Nc1ccc(Oc2ccc3c(c2)CCC(c2ccccc2)O3)nc1)[C@H]1CCCN1. The highest BCUT2D eigenvalue weighted by Gasteiger charge is 2.23. The van der Waals surface area contributed by atoms with Crippen molar-refractivity contribution in [2.75, 3.05) is 11.9 Å². The van der Waals surface area contributed by atoms with Crippen molar-refractivity contribution in [1.82, 2.24) is 10.3 Å². The van der Waals surface area contributed by atoms with Crippen LogP contribution in [0.4, 0.5) is 5.69 Å². The molecule has 31 heavy (non-hydrogen) atoms. The Bertz CT molecular complexity index is 1050. The zero-order chi connectivity index (χ0) is 21.0. The topological polar surface area (TPSA) is 72.5 Å². The molecule has 0 aliphatic carbocycles. The van der Waals surface area contributed by atoms with Gasteiger partial charge in [-0.1, -0.05) is 30.3 Å². The van der Waals surface area contributed by atoms with E-state index in [-0.39, 0.29) is 18.1 Å². The Morgan fingerprint density at radius 2 is 2.00 bits per heavy atom. The predicted molar refractivity (Wildman–Crippen MR) is 119 cm³/mol. The lowest BCUT2D eigenvalue weighted by molar-refractivity contribution is -0.117. The summed E-state index contributed by atoms with van der Waals surface area (Å²) in [6.07, 6.45) is 5.47. The average Bonchev–Trinajstić information content (AvgIpc) is 3.36. The van der Waals surface area contributed by atoms with Gasteiger partial charge in [0.15, 0.2) is 0 Å². The second-order valence-corrected chi connectivity index (χ2v) is 7.95. The van der Waals surface area contributed by atoms with Crippen molar-refractivity contribution in [1.29, 1.82) is 0 Å². The molecule has 6 heteroatoms. The molecular formula is C25H25N3O3. The first-order valence-corrected chi connectivity index (χ1v) is 10.8. The van der Waals surface area contributed by atoms with Crippen molar-refractivity contribution in [2.45, 2.75) is 37.8 Å². The van der Waals surface area contributed by atoms with Crippen LogP contribution < -0.4 is 20.1 Å². The monoisotopic (exact) mass is 415 g/mol. The number of ether oxygens (including phenoxy) is 2. The van der Waals surface area contributed by atoms with E-state index in [1.165, 1.54) is 5.56 Å². The molecule has 1 amide bonds. The van der Waals surface area contributed by atoms with E-state index in [9.17, 15) is 4.79 Å². The van der Waals surface area contributed by atoms with Gasteiger partial charge in [-0.15, -0.1) is 0 Å². The fourth-order valence-corrected chi connectivity index (χ4v) is 4.10. The maximum absolute atomic E-state index is 12.2. The van der Waals surface area contributed by atoms with Crippen LogP contribution in [-0.4, -0.2) is 23.5 Å². The zero-order valence-electron chi connectivity index (χ0n) is 17.2. The Morgan fingerprint density at radius 3 is 2.77 bits per heavy atom. The molecule has 2 aromatic carbocycles. The Hall–Kier alpha value is -3.38. The number of nitrogens with zero attached hydrogens (tertiary/aromatic N) is 1. The number of rotatable bonds is 5. The quantitative estimate of drug-likeness (QED) is 0.636. The van der Waals surface area contributed by atoms with Crippen molar-refractivity contribution in [3.8, 4) is 17.4 Å². The lowest BCUT2D eigenvalue weighted by Crippen LogP contribution is -2.35. The molecule has 1 aromatic heterocycles. The number of hydrogen-bond donors (Lipinski definition) is 2. The minimum absolute atomic E-state index is 0.0172. The van der Waals surface area contributed by atoms with Crippen LogP contribution in [0, 0.1) is 0 Å². The van der Waals surface area contributed by atoms with E-state index in [0.717, 1.165) is 49.3 Å². The number of carbonyl (C=O) groups is 1. The van der Waals surface area contributed by atoms with Crippen molar-refractivity contribution < 1.29 is 14.3 Å². The lowest BCUT2D eigenvalue weighted by Gasteiger charge is -2.26. The van der Waals surface area contributed by atoms with Crippen LogP contribution in [0.15, 0.2) is 66.9 Å². The zero-order valence-corrected chi connectivity index (χ0v) is 17.2. The van der Waals surface area contributed by atoms with Gasteiger partial charge in [0, 0.05) is 6.07 Å². The number of anilines is 1. The van der Waals surface area contributed by atoms with Gasteiger partial charge in [-0.25, -0.2) is 4.98 Å². The van der Waals surface area contributed by atoms with Gasteiger partial charge < -0.3 is 20.1 Å². The Morgan fingerprint density at radius 1 is 1.10 bits per heavy atom. The molecule has 2 N–H and O–H groups in total. The molecule has 3 aromatic rings. The van der Waals surface area contributed by atoms with Crippen molar-refractivity contribution in [3.05, 3.63) is 78.0 Å². The third kappa shape index (κ3) is 4.54. The van der Waals surface area contributed by atoms with E-state index in [2.05, 4.69) is 27.8 Å². The Kier molecular flexibility index (Phi) is 5.54. The van der Waals surface area contributed by atoms with Gasteiger partial charge in [0.2, 0.25) is 11.8 Å². The summed E-state index contributed by atoms with van der Waals surface area (Å²) >= 11 is 0. The smallest absolute Gasteiger partial charge is 0.241 e.